The number of urea groups is 1. The molecule has 0 spiro atoms. The van der Waals surface area contributed by atoms with E-state index in [-0.39, 0.29) is 29.9 Å². The number of carbonyl (C=O) groups excluding carboxylic acids is 2. The standard InChI is InChI=1S/C24H36ClN3O3/c1-16(17(2)26-22(30)27-20-7-5-6-8-20)21(29)28-14-13-24(31,23(3,4)15-28)18-9-11-19(25)12-10-18/h9-12,16-17,20,31H,5-8,13-15H2,1-4H3,(H2,26,27,30)/t16-,17?,24+/m1/s1. The molecule has 3 atom stereocenters. The van der Waals surface area contributed by atoms with E-state index in [1.54, 1.807) is 12.1 Å². The van der Waals surface area contributed by atoms with Gasteiger partial charge >= 0.3 is 6.03 Å². The molecule has 1 aliphatic carbocycles. The maximum absolute atomic E-state index is 13.2. The quantitative estimate of drug-likeness (QED) is 0.634. The van der Waals surface area contributed by atoms with Crippen molar-refractivity contribution in [3.8, 4) is 0 Å². The van der Waals surface area contributed by atoms with E-state index in [1.807, 2.05) is 44.7 Å². The highest BCUT2D eigenvalue weighted by atomic mass is 35.5. The lowest BCUT2D eigenvalue weighted by Gasteiger charge is -2.51. The Morgan fingerprint density at radius 3 is 2.35 bits per heavy atom. The van der Waals surface area contributed by atoms with Crippen LogP contribution in [0.5, 0.6) is 0 Å². The highest BCUT2D eigenvalue weighted by Crippen LogP contribution is 2.46. The van der Waals surface area contributed by atoms with E-state index in [1.165, 1.54) is 0 Å². The van der Waals surface area contributed by atoms with Crippen molar-refractivity contribution in [2.24, 2.45) is 11.3 Å². The van der Waals surface area contributed by atoms with Gasteiger partial charge in [0, 0.05) is 35.6 Å². The molecule has 172 valence electrons. The summed E-state index contributed by atoms with van der Waals surface area (Å²) in [7, 11) is 0. The van der Waals surface area contributed by atoms with Gasteiger partial charge in [0.15, 0.2) is 0 Å². The molecule has 1 aliphatic heterocycles. The summed E-state index contributed by atoms with van der Waals surface area (Å²) in [6, 6.07) is 7.05. The van der Waals surface area contributed by atoms with Crippen molar-refractivity contribution in [2.75, 3.05) is 13.1 Å². The van der Waals surface area contributed by atoms with E-state index in [0.717, 1.165) is 31.2 Å². The number of carbonyl (C=O) groups is 2. The average Bonchev–Trinajstić information content (AvgIpc) is 3.22. The average molecular weight is 450 g/mol. The van der Waals surface area contributed by atoms with Crippen LogP contribution in [-0.4, -0.2) is 47.1 Å². The van der Waals surface area contributed by atoms with Crippen LogP contribution in [0, 0.1) is 11.3 Å². The first-order valence-corrected chi connectivity index (χ1v) is 11.8. The molecule has 31 heavy (non-hydrogen) atoms. The third-order valence-electron chi connectivity index (χ3n) is 7.27. The number of aliphatic hydroxyl groups is 1. The first-order chi connectivity index (χ1) is 14.5. The minimum atomic E-state index is -1.04. The van der Waals surface area contributed by atoms with E-state index in [2.05, 4.69) is 10.6 Å². The number of hydrogen-bond donors (Lipinski definition) is 3. The Morgan fingerprint density at radius 2 is 1.77 bits per heavy atom. The first-order valence-electron chi connectivity index (χ1n) is 11.4. The third kappa shape index (κ3) is 5.17. The van der Waals surface area contributed by atoms with E-state index in [4.69, 9.17) is 11.6 Å². The maximum Gasteiger partial charge on any atom is 0.315 e. The maximum atomic E-state index is 13.2. The fraction of sp³-hybridized carbons (Fsp3) is 0.667. The number of nitrogens with one attached hydrogen (secondary N) is 2. The van der Waals surface area contributed by atoms with Gasteiger partial charge in [-0.25, -0.2) is 4.79 Å². The molecule has 1 aromatic rings. The van der Waals surface area contributed by atoms with Crippen molar-refractivity contribution >= 4 is 23.5 Å². The molecule has 0 bridgehead atoms. The summed E-state index contributed by atoms with van der Waals surface area (Å²) in [6.07, 6.45) is 4.81. The van der Waals surface area contributed by atoms with Crippen molar-refractivity contribution in [3.05, 3.63) is 34.9 Å². The SMILES string of the molecule is CC(NC(=O)NC1CCCC1)[C@@H](C)C(=O)N1CC[C@](O)(c2ccc(Cl)cc2)C(C)(C)C1. The number of benzene rings is 1. The van der Waals surface area contributed by atoms with Crippen LogP contribution in [0.1, 0.15) is 65.4 Å². The summed E-state index contributed by atoms with van der Waals surface area (Å²) in [4.78, 5) is 27.3. The molecule has 3 N–H and O–H groups in total. The van der Waals surface area contributed by atoms with Crippen molar-refractivity contribution in [3.63, 3.8) is 0 Å². The molecule has 1 saturated carbocycles. The first kappa shape index (κ1) is 23.9. The summed E-state index contributed by atoms with van der Waals surface area (Å²) >= 11 is 6.01. The van der Waals surface area contributed by atoms with Gasteiger partial charge in [-0.1, -0.05) is 57.3 Å². The third-order valence-corrected chi connectivity index (χ3v) is 7.52. The molecular formula is C24H36ClN3O3. The second-order valence-corrected chi connectivity index (χ2v) is 10.4. The van der Waals surface area contributed by atoms with Gasteiger partial charge < -0.3 is 20.6 Å². The van der Waals surface area contributed by atoms with Crippen LogP contribution in [-0.2, 0) is 10.4 Å². The monoisotopic (exact) mass is 449 g/mol. The molecule has 7 heteroatoms. The fourth-order valence-corrected chi connectivity index (χ4v) is 5.03. The summed E-state index contributed by atoms with van der Waals surface area (Å²) in [5.74, 6) is -0.355. The Bertz CT molecular complexity index is 792. The largest absolute Gasteiger partial charge is 0.384 e. The van der Waals surface area contributed by atoms with Crippen LogP contribution in [0.15, 0.2) is 24.3 Å². The molecule has 3 amide bonds. The minimum Gasteiger partial charge on any atom is -0.384 e. The Kier molecular flexibility index (Phi) is 7.21. The molecule has 0 radical (unpaired) electrons. The van der Waals surface area contributed by atoms with E-state index in [0.29, 0.717) is 24.5 Å². The molecule has 1 aromatic carbocycles. The number of rotatable bonds is 5. The zero-order chi connectivity index (χ0) is 22.8. The van der Waals surface area contributed by atoms with Gasteiger partial charge in [0.2, 0.25) is 5.91 Å². The van der Waals surface area contributed by atoms with Crippen LogP contribution in [0.3, 0.4) is 0 Å². The Morgan fingerprint density at radius 1 is 1.16 bits per heavy atom. The zero-order valence-corrected chi connectivity index (χ0v) is 19.8. The molecule has 6 nitrogen and oxygen atoms in total. The molecule has 1 heterocycles. The number of hydrogen-bond acceptors (Lipinski definition) is 3. The number of piperidine rings is 1. The molecule has 1 saturated heterocycles. The topological polar surface area (TPSA) is 81.7 Å². The molecule has 1 unspecified atom stereocenters. The highest BCUT2D eigenvalue weighted by molar-refractivity contribution is 6.30. The lowest BCUT2D eigenvalue weighted by molar-refractivity contribution is -0.156. The van der Waals surface area contributed by atoms with E-state index >= 15 is 0 Å². The number of amides is 3. The van der Waals surface area contributed by atoms with Gasteiger partial charge in [0.05, 0.1) is 11.5 Å². The van der Waals surface area contributed by atoms with Crippen LogP contribution in [0.2, 0.25) is 5.02 Å². The van der Waals surface area contributed by atoms with E-state index in [9.17, 15) is 14.7 Å². The number of nitrogens with zero attached hydrogens (tertiary/aromatic N) is 1. The summed E-state index contributed by atoms with van der Waals surface area (Å²) in [6.45, 7) is 8.61. The smallest absolute Gasteiger partial charge is 0.315 e. The van der Waals surface area contributed by atoms with Gasteiger partial charge in [-0.15, -0.1) is 0 Å². The van der Waals surface area contributed by atoms with E-state index < -0.39 is 11.0 Å². The van der Waals surface area contributed by atoms with Crippen LogP contribution in [0.25, 0.3) is 0 Å². The summed E-state index contributed by atoms with van der Waals surface area (Å²) < 4.78 is 0. The van der Waals surface area contributed by atoms with Crippen LogP contribution in [0.4, 0.5) is 4.79 Å². The van der Waals surface area contributed by atoms with Crippen molar-refractivity contribution in [2.45, 2.75) is 77.5 Å². The molecule has 0 aromatic heterocycles. The highest BCUT2D eigenvalue weighted by Gasteiger charge is 2.50. The number of halogens is 1. The van der Waals surface area contributed by atoms with Gasteiger partial charge in [0.25, 0.3) is 0 Å². The van der Waals surface area contributed by atoms with Crippen molar-refractivity contribution in [1.82, 2.24) is 15.5 Å². The van der Waals surface area contributed by atoms with Crippen LogP contribution < -0.4 is 10.6 Å². The Hall–Kier alpha value is -1.79. The van der Waals surface area contributed by atoms with Gasteiger partial charge in [0.1, 0.15) is 0 Å². The summed E-state index contributed by atoms with van der Waals surface area (Å²) in [5.41, 5.74) is -0.756. The predicted octanol–water partition coefficient (Wildman–Crippen LogP) is 4.05. The molecular weight excluding hydrogens is 414 g/mol. The number of likely N-dealkylation sites (tertiary alicyclic amines) is 1. The van der Waals surface area contributed by atoms with Crippen molar-refractivity contribution < 1.29 is 14.7 Å². The lowest BCUT2D eigenvalue weighted by Crippen LogP contribution is -2.58. The fourth-order valence-electron chi connectivity index (χ4n) is 4.90. The van der Waals surface area contributed by atoms with Gasteiger partial charge in [-0.3, -0.25) is 4.79 Å². The molecule has 3 rings (SSSR count). The normalized spacial score (nSPS) is 25.7. The second kappa shape index (κ2) is 9.37. The zero-order valence-electron chi connectivity index (χ0n) is 19.1. The Labute approximate surface area is 190 Å². The van der Waals surface area contributed by atoms with Gasteiger partial charge in [-0.2, -0.15) is 0 Å². The minimum absolute atomic E-state index is 0.0000949. The van der Waals surface area contributed by atoms with Crippen molar-refractivity contribution in [1.29, 1.82) is 0 Å². The summed E-state index contributed by atoms with van der Waals surface area (Å²) in [5, 5.41) is 18.1. The Balaban J connectivity index is 1.60. The van der Waals surface area contributed by atoms with Crippen LogP contribution >= 0.6 is 11.6 Å². The second-order valence-electron chi connectivity index (χ2n) is 9.94. The molecule has 2 fully saturated rings. The lowest BCUT2D eigenvalue weighted by atomic mass is 9.66. The molecule has 2 aliphatic rings. The predicted molar refractivity (Wildman–Crippen MR) is 123 cm³/mol. The van der Waals surface area contributed by atoms with Gasteiger partial charge in [-0.05, 0) is 43.9 Å².